The molecule has 5 nitrogen and oxygen atoms in total. The molecule has 4 N–H and O–H groups in total. The van der Waals surface area contributed by atoms with E-state index < -0.39 is 0 Å². The second-order valence-corrected chi connectivity index (χ2v) is 5.28. The first kappa shape index (κ1) is 14.3. The number of nitrogens with zero attached hydrogens (tertiary/aromatic N) is 2. The van der Waals surface area contributed by atoms with Crippen molar-refractivity contribution >= 4 is 17.3 Å². The predicted molar refractivity (Wildman–Crippen MR) is 83.1 cm³/mol. The molecular formula is C15H21N5. The maximum Gasteiger partial charge on any atom is 0.148 e. The number of nitrogen functional groups attached to an aromatic ring is 1. The van der Waals surface area contributed by atoms with Crippen molar-refractivity contribution in [2.24, 2.45) is 5.84 Å². The average Bonchev–Trinajstić information content (AvgIpc) is 2.36. The molecule has 0 amide bonds. The zero-order valence-corrected chi connectivity index (χ0v) is 12.4. The van der Waals surface area contributed by atoms with Crippen LogP contribution >= 0.6 is 0 Å². The largest absolute Gasteiger partial charge is 0.340 e. The van der Waals surface area contributed by atoms with E-state index in [1.54, 1.807) is 0 Å². The van der Waals surface area contributed by atoms with Gasteiger partial charge in [0.2, 0.25) is 0 Å². The molecule has 0 bridgehead atoms. The van der Waals surface area contributed by atoms with Crippen LogP contribution in [0.25, 0.3) is 0 Å². The van der Waals surface area contributed by atoms with Gasteiger partial charge in [0.1, 0.15) is 18.0 Å². The van der Waals surface area contributed by atoms with E-state index in [2.05, 4.69) is 66.6 Å². The molecule has 0 aliphatic rings. The van der Waals surface area contributed by atoms with E-state index >= 15 is 0 Å². The SMILES string of the molecule is Cc1cc(C)cc(Nc2ncnc(NN)c2C(C)C)c1. The summed E-state index contributed by atoms with van der Waals surface area (Å²) in [5.74, 6) is 7.23. The van der Waals surface area contributed by atoms with Gasteiger partial charge in [-0.15, -0.1) is 0 Å². The summed E-state index contributed by atoms with van der Waals surface area (Å²) in [5.41, 5.74) is 7.06. The number of aryl methyl sites for hydroxylation is 2. The average molecular weight is 271 g/mol. The minimum atomic E-state index is 0.260. The van der Waals surface area contributed by atoms with Crippen LogP contribution in [0.3, 0.4) is 0 Å². The summed E-state index contributed by atoms with van der Waals surface area (Å²) in [6.45, 7) is 8.33. The first-order valence-corrected chi connectivity index (χ1v) is 6.68. The molecule has 0 atom stereocenters. The summed E-state index contributed by atoms with van der Waals surface area (Å²) >= 11 is 0. The first-order valence-electron chi connectivity index (χ1n) is 6.68. The predicted octanol–water partition coefficient (Wildman–Crippen LogP) is 3.25. The molecule has 0 radical (unpaired) electrons. The molecule has 0 fully saturated rings. The van der Waals surface area contributed by atoms with E-state index in [1.807, 2.05) is 0 Å². The monoisotopic (exact) mass is 271 g/mol. The Morgan fingerprint density at radius 1 is 1.00 bits per heavy atom. The Hall–Kier alpha value is -2.14. The number of hydrogen-bond acceptors (Lipinski definition) is 5. The van der Waals surface area contributed by atoms with Gasteiger partial charge in [0.15, 0.2) is 0 Å². The lowest BCUT2D eigenvalue weighted by atomic mass is 10.0. The Balaban J connectivity index is 2.42. The summed E-state index contributed by atoms with van der Waals surface area (Å²) in [4.78, 5) is 8.51. The maximum atomic E-state index is 5.53. The van der Waals surface area contributed by atoms with Crippen LogP contribution < -0.4 is 16.6 Å². The van der Waals surface area contributed by atoms with Crippen molar-refractivity contribution in [1.82, 2.24) is 9.97 Å². The highest BCUT2D eigenvalue weighted by atomic mass is 15.3. The Kier molecular flexibility index (Phi) is 4.20. The van der Waals surface area contributed by atoms with Crippen molar-refractivity contribution in [2.45, 2.75) is 33.6 Å². The Morgan fingerprint density at radius 3 is 2.15 bits per heavy atom. The van der Waals surface area contributed by atoms with Crippen LogP contribution in [-0.4, -0.2) is 9.97 Å². The van der Waals surface area contributed by atoms with Gasteiger partial charge in [-0.1, -0.05) is 19.9 Å². The van der Waals surface area contributed by atoms with Gasteiger partial charge < -0.3 is 10.7 Å². The molecule has 0 spiro atoms. The standard InChI is InChI=1S/C15H21N5/c1-9(2)13-14(17-8-18-15(13)20-16)19-12-6-10(3)5-11(4)7-12/h5-9H,16H2,1-4H3,(H2,17,18,19,20). The summed E-state index contributed by atoms with van der Waals surface area (Å²) in [7, 11) is 0. The third-order valence-electron chi connectivity index (χ3n) is 3.08. The number of benzene rings is 1. The van der Waals surface area contributed by atoms with Crippen molar-refractivity contribution in [2.75, 3.05) is 10.7 Å². The Morgan fingerprint density at radius 2 is 1.60 bits per heavy atom. The van der Waals surface area contributed by atoms with Gasteiger partial charge in [0, 0.05) is 11.3 Å². The molecule has 1 aromatic carbocycles. The lowest BCUT2D eigenvalue weighted by Gasteiger charge is -2.17. The van der Waals surface area contributed by atoms with Gasteiger partial charge in [0.05, 0.1) is 0 Å². The van der Waals surface area contributed by atoms with Gasteiger partial charge in [-0.3, -0.25) is 0 Å². The van der Waals surface area contributed by atoms with Gasteiger partial charge in [0.25, 0.3) is 0 Å². The topological polar surface area (TPSA) is 75.9 Å². The minimum absolute atomic E-state index is 0.260. The minimum Gasteiger partial charge on any atom is -0.340 e. The molecule has 20 heavy (non-hydrogen) atoms. The number of aromatic nitrogens is 2. The highest BCUT2D eigenvalue weighted by molar-refractivity contribution is 5.66. The molecule has 0 aliphatic carbocycles. The van der Waals surface area contributed by atoms with Crippen LogP contribution in [0, 0.1) is 13.8 Å². The van der Waals surface area contributed by atoms with Gasteiger partial charge in [-0.2, -0.15) is 0 Å². The highest BCUT2D eigenvalue weighted by Crippen LogP contribution is 2.30. The van der Waals surface area contributed by atoms with E-state index in [9.17, 15) is 0 Å². The van der Waals surface area contributed by atoms with Crippen LogP contribution in [0.15, 0.2) is 24.5 Å². The molecule has 0 saturated heterocycles. The molecule has 106 valence electrons. The molecule has 1 heterocycles. The highest BCUT2D eigenvalue weighted by Gasteiger charge is 2.14. The third kappa shape index (κ3) is 3.05. The van der Waals surface area contributed by atoms with Gasteiger partial charge in [-0.25, -0.2) is 15.8 Å². The van der Waals surface area contributed by atoms with Crippen LogP contribution in [0.1, 0.15) is 36.5 Å². The first-order chi connectivity index (χ1) is 9.51. The van der Waals surface area contributed by atoms with E-state index in [4.69, 9.17) is 5.84 Å². The maximum absolute atomic E-state index is 5.53. The quantitative estimate of drug-likeness (QED) is 0.588. The number of hydrazine groups is 1. The molecular weight excluding hydrogens is 250 g/mol. The fourth-order valence-corrected chi connectivity index (χ4v) is 2.34. The fraction of sp³-hybridized carbons (Fsp3) is 0.333. The number of nitrogens with two attached hydrogens (primary N) is 1. The van der Waals surface area contributed by atoms with E-state index in [-0.39, 0.29) is 5.92 Å². The summed E-state index contributed by atoms with van der Waals surface area (Å²) < 4.78 is 0. The third-order valence-corrected chi connectivity index (χ3v) is 3.08. The smallest absolute Gasteiger partial charge is 0.148 e. The van der Waals surface area contributed by atoms with Crippen molar-refractivity contribution in [3.8, 4) is 0 Å². The molecule has 0 saturated carbocycles. The molecule has 0 unspecified atom stereocenters. The van der Waals surface area contributed by atoms with Crippen LogP contribution in [0.4, 0.5) is 17.3 Å². The van der Waals surface area contributed by atoms with E-state index in [0.717, 1.165) is 17.1 Å². The van der Waals surface area contributed by atoms with Crippen LogP contribution in [-0.2, 0) is 0 Å². The Bertz CT molecular complexity index is 587. The lowest BCUT2D eigenvalue weighted by molar-refractivity contribution is 0.850. The summed E-state index contributed by atoms with van der Waals surface area (Å²) in [5, 5.41) is 3.36. The number of nitrogens with one attached hydrogen (secondary N) is 2. The van der Waals surface area contributed by atoms with Crippen molar-refractivity contribution in [3.05, 3.63) is 41.2 Å². The Labute approximate surface area is 119 Å². The molecule has 1 aromatic heterocycles. The van der Waals surface area contributed by atoms with Crippen LogP contribution in [0.2, 0.25) is 0 Å². The number of anilines is 3. The molecule has 2 rings (SSSR count). The zero-order chi connectivity index (χ0) is 14.7. The second-order valence-electron chi connectivity index (χ2n) is 5.28. The van der Waals surface area contributed by atoms with Crippen molar-refractivity contribution in [1.29, 1.82) is 0 Å². The second kappa shape index (κ2) is 5.88. The lowest BCUT2D eigenvalue weighted by Crippen LogP contribution is -2.14. The van der Waals surface area contributed by atoms with Crippen molar-refractivity contribution < 1.29 is 0 Å². The summed E-state index contributed by atoms with van der Waals surface area (Å²) in [6.07, 6.45) is 1.51. The zero-order valence-electron chi connectivity index (χ0n) is 12.4. The normalized spacial score (nSPS) is 10.7. The number of rotatable bonds is 4. The fourth-order valence-electron chi connectivity index (χ4n) is 2.34. The van der Waals surface area contributed by atoms with E-state index in [1.165, 1.54) is 17.5 Å². The molecule has 5 heteroatoms. The summed E-state index contributed by atoms with van der Waals surface area (Å²) in [6, 6.07) is 6.32. The number of hydrogen-bond donors (Lipinski definition) is 3. The van der Waals surface area contributed by atoms with Crippen molar-refractivity contribution in [3.63, 3.8) is 0 Å². The van der Waals surface area contributed by atoms with Gasteiger partial charge in [-0.05, 0) is 43.0 Å². The molecule has 2 aromatic rings. The van der Waals surface area contributed by atoms with Crippen LogP contribution in [0.5, 0.6) is 0 Å². The van der Waals surface area contributed by atoms with E-state index in [0.29, 0.717) is 5.82 Å². The van der Waals surface area contributed by atoms with Gasteiger partial charge >= 0.3 is 0 Å². The molecule has 0 aliphatic heterocycles.